The highest BCUT2D eigenvalue weighted by atomic mass is 32.2. The Morgan fingerprint density at radius 1 is 1.11 bits per heavy atom. The topological polar surface area (TPSA) is 84.7 Å². The minimum Gasteiger partial charge on any atom is -0.497 e. The molecule has 4 rings (SSSR count). The van der Waals surface area contributed by atoms with Crippen molar-refractivity contribution < 1.29 is 17.9 Å². The molecule has 8 nitrogen and oxygen atoms in total. The third kappa shape index (κ3) is 6.10. The minimum atomic E-state index is -3.72. The number of methoxy groups -OCH3 is 1. The van der Waals surface area contributed by atoms with E-state index >= 15 is 0 Å². The minimum absolute atomic E-state index is 0.0139. The molecule has 2 heterocycles. The molecule has 0 unspecified atom stereocenters. The zero-order valence-electron chi connectivity index (χ0n) is 23.0. The van der Waals surface area contributed by atoms with Gasteiger partial charge in [0.15, 0.2) is 0 Å². The summed E-state index contributed by atoms with van der Waals surface area (Å²) in [6, 6.07) is 11.6. The summed E-state index contributed by atoms with van der Waals surface area (Å²) in [7, 11) is 1.41. The first-order valence-electron chi connectivity index (χ1n) is 13.0. The summed E-state index contributed by atoms with van der Waals surface area (Å²) in [5.41, 5.74) is 4.66. The van der Waals surface area contributed by atoms with Crippen LogP contribution in [0.2, 0.25) is 0 Å². The smallest absolute Gasteiger partial charge is 0.243 e. The average Bonchev–Trinajstić information content (AvgIpc) is 3.32. The molecule has 0 bridgehead atoms. The van der Waals surface area contributed by atoms with E-state index in [1.165, 1.54) is 22.7 Å². The summed E-state index contributed by atoms with van der Waals surface area (Å²) in [5, 5.41) is 0. The first-order valence-corrected chi connectivity index (χ1v) is 14.5. The molecular formula is C29H38N4O4S. The van der Waals surface area contributed by atoms with Gasteiger partial charge in [-0.2, -0.15) is 0 Å². The summed E-state index contributed by atoms with van der Waals surface area (Å²) in [5.74, 6) is 1.17. The molecule has 0 N–H and O–H groups in total. The maximum absolute atomic E-state index is 13.2. The largest absolute Gasteiger partial charge is 0.497 e. The average molecular weight is 539 g/mol. The van der Waals surface area contributed by atoms with Gasteiger partial charge in [0.25, 0.3) is 0 Å². The monoisotopic (exact) mass is 538 g/mol. The van der Waals surface area contributed by atoms with Crippen LogP contribution in [-0.4, -0.2) is 61.8 Å². The summed E-state index contributed by atoms with van der Waals surface area (Å²) in [6.07, 6.45) is 6.46. The fourth-order valence-electron chi connectivity index (χ4n) is 5.33. The lowest BCUT2D eigenvalue weighted by Crippen LogP contribution is -2.33. The van der Waals surface area contributed by atoms with E-state index in [0.29, 0.717) is 22.8 Å². The number of sulfonamides is 1. The van der Waals surface area contributed by atoms with Crippen molar-refractivity contribution in [2.45, 2.75) is 50.3 Å². The third-order valence-corrected chi connectivity index (χ3v) is 9.68. The fourth-order valence-corrected chi connectivity index (χ4v) is 6.90. The summed E-state index contributed by atoms with van der Waals surface area (Å²) in [4.78, 5) is 19.6. The molecule has 0 amide bonds. The lowest BCUT2D eigenvalue weighted by molar-refractivity contribution is -0.118. The van der Waals surface area contributed by atoms with E-state index < -0.39 is 10.0 Å². The second kappa shape index (κ2) is 11.7. The van der Waals surface area contributed by atoms with Crippen LogP contribution in [0.4, 0.5) is 5.69 Å². The highest BCUT2D eigenvalue weighted by molar-refractivity contribution is 7.89. The fraction of sp³-hybridized carbons (Fsp3) is 0.448. The Morgan fingerprint density at radius 3 is 2.29 bits per heavy atom. The Morgan fingerprint density at radius 2 is 1.74 bits per heavy atom. The van der Waals surface area contributed by atoms with Crippen LogP contribution in [0, 0.1) is 13.8 Å². The molecule has 2 aromatic carbocycles. The zero-order valence-corrected chi connectivity index (χ0v) is 23.8. The first-order chi connectivity index (χ1) is 18.1. The number of aryl methyl sites for hydroxylation is 3. The van der Waals surface area contributed by atoms with Gasteiger partial charge in [-0.15, -0.1) is 0 Å². The van der Waals surface area contributed by atoms with Crippen molar-refractivity contribution in [2.24, 2.45) is 7.05 Å². The molecule has 0 radical (unpaired) electrons. The molecule has 38 heavy (non-hydrogen) atoms. The van der Waals surface area contributed by atoms with Gasteiger partial charge in [-0.1, -0.05) is 12.1 Å². The SMILES string of the molecule is COc1cc(C)c(S(=O)(=O)N(C)CCC(=O)Cc2ccc(N3CCC(c4cncn4C)CC3)cc2)c(C)c1. The highest BCUT2D eigenvalue weighted by Crippen LogP contribution is 2.30. The second-order valence-electron chi connectivity index (χ2n) is 10.2. The van der Waals surface area contributed by atoms with Crippen LogP contribution in [0.5, 0.6) is 5.75 Å². The number of carbonyl (C=O) groups is 1. The Hall–Kier alpha value is -3.17. The number of ether oxygens (including phenoxy) is 1. The molecule has 1 aliphatic heterocycles. The third-order valence-electron chi connectivity index (χ3n) is 7.51. The van der Waals surface area contributed by atoms with Crippen LogP contribution in [0.15, 0.2) is 53.8 Å². The number of benzene rings is 2. The van der Waals surface area contributed by atoms with Crippen LogP contribution in [0.1, 0.15) is 47.6 Å². The second-order valence-corrected chi connectivity index (χ2v) is 12.2. The molecule has 3 aromatic rings. The van der Waals surface area contributed by atoms with Crippen molar-refractivity contribution in [2.75, 3.05) is 38.7 Å². The molecule has 1 aromatic heterocycles. The number of piperidine rings is 1. The van der Waals surface area contributed by atoms with Crippen molar-refractivity contribution in [3.8, 4) is 5.75 Å². The number of rotatable bonds is 10. The highest BCUT2D eigenvalue weighted by Gasteiger charge is 2.26. The van der Waals surface area contributed by atoms with Gasteiger partial charge in [0.2, 0.25) is 10.0 Å². The van der Waals surface area contributed by atoms with Gasteiger partial charge in [0.1, 0.15) is 11.5 Å². The zero-order chi connectivity index (χ0) is 27.4. The van der Waals surface area contributed by atoms with Crippen LogP contribution in [0.25, 0.3) is 0 Å². The van der Waals surface area contributed by atoms with Crippen LogP contribution >= 0.6 is 0 Å². The van der Waals surface area contributed by atoms with E-state index in [1.807, 2.05) is 24.7 Å². The van der Waals surface area contributed by atoms with Gasteiger partial charge in [-0.25, -0.2) is 17.7 Å². The van der Waals surface area contributed by atoms with E-state index in [-0.39, 0.29) is 30.1 Å². The van der Waals surface area contributed by atoms with E-state index in [2.05, 4.69) is 33.6 Å². The molecule has 0 spiro atoms. The molecule has 0 atom stereocenters. The Kier molecular flexibility index (Phi) is 8.57. The number of nitrogens with zero attached hydrogens (tertiary/aromatic N) is 4. The molecule has 9 heteroatoms. The van der Waals surface area contributed by atoms with E-state index in [4.69, 9.17) is 4.74 Å². The van der Waals surface area contributed by atoms with Crippen molar-refractivity contribution in [3.05, 3.63) is 71.3 Å². The number of carbonyl (C=O) groups excluding carboxylic acids is 1. The number of hydrogen-bond donors (Lipinski definition) is 0. The predicted molar refractivity (Wildman–Crippen MR) is 149 cm³/mol. The molecule has 1 fully saturated rings. The van der Waals surface area contributed by atoms with Crippen LogP contribution < -0.4 is 9.64 Å². The number of aromatic nitrogens is 2. The molecule has 204 valence electrons. The molecule has 0 aliphatic carbocycles. The molecule has 1 saturated heterocycles. The van der Waals surface area contributed by atoms with Gasteiger partial charge >= 0.3 is 0 Å². The summed E-state index contributed by atoms with van der Waals surface area (Å²) >= 11 is 0. The Balaban J connectivity index is 1.29. The normalized spacial score (nSPS) is 14.7. The van der Waals surface area contributed by atoms with Crippen molar-refractivity contribution >= 4 is 21.5 Å². The quantitative estimate of drug-likeness (QED) is 0.384. The van der Waals surface area contributed by atoms with Gasteiger partial charge in [-0.3, -0.25) is 4.79 Å². The maximum atomic E-state index is 13.2. The number of hydrogen-bond acceptors (Lipinski definition) is 6. The van der Waals surface area contributed by atoms with Crippen molar-refractivity contribution in [1.82, 2.24) is 13.9 Å². The Labute approximate surface area is 226 Å². The van der Waals surface area contributed by atoms with Crippen molar-refractivity contribution in [1.29, 1.82) is 0 Å². The number of ketones is 1. The molecule has 1 aliphatic rings. The first kappa shape index (κ1) is 27.9. The van der Waals surface area contributed by atoms with E-state index in [9.17, 15) is 13.2 Å². The number of anilines is 1. The predicted octanol–water partition coefficient (Wildman–Crippen LogP) is 4.25. The molecule has 0 saturated carbocycles. The maximum Gasteiger partial charge on any atom is 0.243 e. The van der Waals surface area contributed by atoms with Gasteiger partial charge in [-0.05, 0) is 67.6 Å². The summed E-state index contributed by atoms with van der Waals surface area (Å²) < 4.78 is 35.0. The lowest BCUT2D eigenvalue weighted by Gasteiger charge is -2.33. The molecular weight excluding hydrogens is 500 g/mol. The van der Waals surface area contributed by atoms with Crippen molar-refractivity contribution in [3.63, 3.8) is 0 Å². The van der Waals surface area contributed by atoms with Gasteiger partial charge in [0.05, 0.1) is 18.3 Å². The van der Waals surface area contributed by atoms with Gasteiger partial charge < -0.3 is 14.2 Å². The Bertz CT molecular complexity index is 1350. The van der Waals surface area contributed by atoms with E-state index in [1.54, 1.807) is 33.1 Å². The number of Topliss-reactive ketones (excluding diaryl/α,β-unsaturated/α-hetero) is 1. The van der Waals surface area contributed by atoms with Gasteiger partial charge in [0, 0.05) is 70.1 Å². The van der Waals surface area contributed by atoms with E-state index in [0.717, 1.165) is 31.5 Å². The van der Waals surface area contributed by atoms with Crippen LogP contribution in [0.3, 0.4) is 0 Å². The number of imidazole rings is 1. The standard InChI is InChI=1S/C29H38N4O4S/c1-21-16-27(37-5)17-22(2)29(21)38(35,36)32(4)13-12-26(34)18-23-6-8-25(9-7-23)33-14-10-24(11-15-33)28-19-30-20-31(28)3/h6-9,16-17,19-20,24H,10-15,18H2,1-5H3. The lowest BCUT2D eigenvalue weighted by atomic mass is 9.93. The van der Waals surface area contributed by atoms with Crippen LogP contribution in [-0.2, 0) is 28.3 Å². The summed E-state index contributed by atoms with van der Waals surface area (Å²) in [6.45, 7) is 5.63.